The maximum absolute atomic E-state index is 5.45. The average Bonchev–Trinajstić information content (AvgIpc) is 1.66. The second kappa shape index (κ2) is 9.16. The molecule has 0 aromatic carbocycles. The topological polar surface area (TPSA) is 26.0 Å². The van der Waals surface area contributed by atoms with Crippen molar-refractivity contribution < 1.29 is 19.5 Å². The molecule has 0 spiro atoms. The molecule has 9 heavy (non-hydrogen) atoms. The molecular formula is C5H11Cl2NRh. The van der Waals surface area contributed by atoms with Crippen molar-refractivity contribution in [3.63, 3.8) is 0 Å². The van der Waals surface area contributed by atoms with Crippen LogP contribution in [-0.4, -0.2) is 11.4 Å². The van der Waals surface area contributed by atoms with Crippen LogP contribution in [0.2, 0.25) is 0 Å². The molecule has 1 unspecified atom stereocenters. The van der Waals surface area contributed by atoms with Gasteiger partial charge >= 0.3 is 0 Å². The predicted molar refractivity (Wildman–Crippen MR) is 38.4 cm³/mol. The van der Waals surface area contributed by atoms with E-state index in [0.717, 1.165) is 19.3 Å². The standard InChI is InChI=1S/C5H11Cl2N.Rh/c6-4-2-1-3-5(7)8;/h5H,1-4,8H2;. The zero-order valence-corrected chi connectivity index (χ0v) is 8.22. The summed E-state index contributed by atoms with van der Waals surface area (Å²) < 4.78 is 0. The summed E-state index contributed by atoms with van der Waals surface area (Å²) in [7, 11) is 0. The van der Waals surface area contributed by atoms with Gasteiger partial charge in [-0.2, -0.15) is 0 Å². The van der Waals surface area contributed by atoms with Crippen LogP contribution in [0.5, 0.6) is 0 Å². The number of hydrogen-bond acceptors (Lipinski definition) is 1. The SMILES string of the molecule is NC(Cl)CCCCCl.[Rh]. The van der Waals surface area contributed by atoms with Gasteiger partial charge in [-0.05, 0) is 19.3 Å². The molecule has 1 radical (unpaired) electrons. The first-order valence-electron chi connectivity index (χ1n) is 2.73. The third kappa shape index (κ3) is 12.4. The first-order chi connectivity index (χ1) is 3.77. The molecule has 0 bridgehead atoms. The minimum Gasteiger partial charge on any atom is -0.315 e. The number of hydrogen-bond donors (Lipinski definition) is 1. The third-order valence-electron chi connectivity index (χ3n) is 0.864. The Balaban J connectivity index is 0. The predicted octanol–water partition coefficient (Wildman–Crippen LogP) is 1.92. The Morgan fingerprint density at radius 2 is 1.89 bits per heavy atom. The molecule has 0 heterocycles. The van der Waals surface area contributed by atoms with Crippen molar-refractivity contribution >= 4 is 23.2 Å². The van der Waals surface area contributed by atoms with E-state index in [4.69, 9.17) is 28.9 Å². The molecule has 0 aliphatic rings. The maximum atomic E-state index is 5.45. The van der Waals surface area contributed by atoms with Gasteiger partial charge in [0.25, 0.3) is 0 Å². The maximum Gasteiger partial charge on any atom is 0.0800 e. The van der Waals surface area contributed by atoms with Gasteiger partial charge in [0.1, 0.15) is 0 Å². The van der Waals surface area contributed by atoms with Crippen molar-refractivity contribution in [3.8, 4) is 0 Å². The van der Waals surface area contributed by atoms with Crippen molar-refractivity contribution in [2.24, 2.45) is 5.73 Å². The smallest absolute Gasteiger partial charge is 0.0800 e. The molecule has 0 fully saturated rings. The van der Waals surface area contributed by atoms with Crippen molar-refractivity contribution in [1.82, 2.24) is 0 Å². The Labute approximate surface area is 79.0 Å². The molecule has 0 saturated heterocycles. The zero-order chi connectivity index (χ0) is 6.41. The molecule has 0 aromatic heterocycles. The number of alkyl halides is 2. The van der Waals surface area contributed by atoms with Gasteiger partial charge < -0.3 is 5.73 Å². The summed E-state index contributed by atoms with van der Waals surface area (Å²) in [5, 5.41) is 0. The zero-order valence-electron chi connectivity index (χ0n) is 5.07. The molecule has 0 rings (SSSR count). The van der Waals surface area contributed by atoms with E-state index in [2.05, 4.69) is 0 Å². The molecule has 4 heteroatoms. The van der Waals surface area contributed by atoms with Gasteiger partial charge in [0, 0.05) is 25.4 Å². The molecule has 0 aliphatic heterocycles. The van der Waals surface area contributed by atoms with Gasteiger partial charge in [0.2, 0.25) is 0 Å². The molecule has 0 aliphatic carbocycles. The van der Waals surface area contributed by atoms with Gasteiger partial charge in [0.05, 0.1) is 5.50 Å². The van der Waals surface area contributed by atoms with Gasteiger partial charge in [-0.1, -0.05) is 0 Å². The van der Waals surface area contributed by atoms with E-state index in [0.29, 0.717) is 5.88 Å². The Kier molecular flexibility index (Phi) is 13.0. The van der Waals surface area contributed by atoms with Crippen LogP contribution in [0.4, 0.5) is 0 Å². The Bertz CT molecular complexity index is 52.2. The Morgan fingerprint density at radius 3 is 2.22 bits per heavy atom. The van der Waals surface area contributed by atoms with Gasteiger partial charge in [-0.25, -0.2) is 0 Å². The minimum atomic E-state index is -0.182. The molecule has 1 nitrogen and oxygen atoms in total. The summed E-state index contributed by atoms with van der Waals surface area (Å²) in [5.74, 6) is 0.712. The second-order valence-corrected chi connectivity index (χ2v) is 2.64. The van der Waals surface area contributed by atoms with Crippen molar-refractivity contribution in [3.05, 3.63) is 0 Å². The molecule has 1 atom stereocenters. The van der Waals surface area contributed by atoms with Crippen LogP contribution in [-0.2, 0) is 19.5 Å². The van der Waals surface area contributed by atoms with Gasteiger partial charge in [0.15, 0.2) is 0 Å². The fraction of sp³-hybridized carbons (Fsp3) is 1.00. The molecule has 0 amide bonds. The van der Waals surface area contributed by atoms with Crippen molar-refractivity contribution in [2.75, 3.05) is 5.88 Å². The van der Waals surface area contributed by atoms with E-state index in [-0.39, 0.29) is 25.0 Å². The van der Waals surface area contributed by atoms with Crippen LogP contribution in [0.1, 0.15) is 19.3 Å². The average molecular weight is 259 g/mol. The monoisotopic (exact) mass is 258 g/mol. The van der Waals surface area contributed by atoms with Crippen LogP contribution >= 0.6 is 23.2 Å². The molecule has 0 aromatic rings. The van der Waals surface area contributed by atoms with E-state index >= 15 is 0 Å². The number of halogens is 2. The summed E-state index contributed by atoms with van der Waals surface area (Å²) in [6.07, 6.45) is 2.92. The normalized spacial score (nSPS) is 12.3. The van der Waals surface area contributed by atoms with Gasteiger partial charge in [-0.3, -0.25) is 0 Å². The Hall–Kier alpha value is 1.16. The van der Waals surface area contributed by atoms with Crippen LogP contribution in [0.3, 0.4) is 0 Å². The molecule has 0 saturated carbocycles. The van der Waals surface area contributed by atoms with E-state index in [1.165, 1.54) is 0 Å². The van der Waals surface area contributed by atoms with Gasteiger partial charge in [-0.15, -0.1) is 23.2 Å². The van der Waals surface area contributed by atoms with E-state index in [9.17, 15) is 0 Å². The van der Waals surface area contributed by atoms with Crippen LogP contribution in [0.15, 0.2) is 0 Å². The molecular weight excluding hydrogens is 248 g/mol. The van der Waals surface area contributed by atoms with E-state index in [1.807, 2.05) is 0 Å². The van der Waals surface area contributed by atoms with Crippen LogP contribution in [0, 0.1) is 0 Å². The number of nitrogens with two attached hydrogens (primary N) is 1. The summed E-state index contributed by atoms with van der Waals surface area (Å²) in [6, 6.07) is 0. The third-order valence-corrected chi connectivity index (χ3v) is 1.35. The number of rotatable bonds is 4. The minimum absolute atomic E-state index is 0. The van der Waals surface area contributed by atoms with Crippen LogP contribution in [0.25, 0.3) is 0 Å². The first-order valence-corrected chi connectivity index (χ1v) is 3.70. The quantitative estimate of drug-likeness (QED) is 0.355. The number of unbranched alkanes of at least 4 members (excludes halogenated alkanes) is 1. The largest absolute Gasteiger partial charge is 0.315 e. The van der Waals surface area contributed by atoms with Crippen molar-refractivity contribution in [2.45, 2.75) is 24.8 Å². The van der Waals surface area contributed by atoms with Crippen molar-refractivity contribution in [1.29, 1.82) is 0 Å². The first kappa shape index (κ1) is 12.8. The molecule has 59 valence electrons. The fourth-order valence-corrected chi connectivity index (χ4v) is 0.777. The fourth-order valence-electron chi connectivity index (χ4n) is 0.434. The van der Waals surface area contributed by atoms with Crippen LogP contribution < -0.4 is 5.73 Å². The Morgan fingerprint density at radius 1 is 1.33 bits per heavy atom. The summed E-state index contributed by atoms with van der Waals surface area (Å²) in [6.45, 7) is 0. The molecule has 2 N–H and O–H groups in total. The van der Waals surface area contributed by atoms with E-state index < -0.39 is 0 Å². The summed E-state index contributed by atoms with van der Waals surface area (Å²) in [4.78, 5) is 0. The second-order valence-electron chi connectivity index (χ2n) is 1.70. The summed E-state index contributed by atoms with van der Waals surface area (Å²) >= 11 is 10.8. The van der Waals surface area contributed by atoms with E-state index in [1.54, 1.807) is 0 Å². The summed E-state index contributed by atoms with van der Waals surface area (Å²) in [5.41, 5.74) is 5.07.